The number of aryl methyl sites for hydroxylation is 1. The molecule has 1 aromatic heterocycles. The molecule has 4 heteroatoms. The minimum atomic E-state index is -2.49. The van der Waals surface area contributed by atoms with Crippen molar-refractivity contribution in [3.63, 3.8) is 0 Å². The third-order valence-corrected chi connectivity index (χ3v) is 3.00. The second-order valence-electron chi connectivity index (χ2n) is 4.13. The van der Waals surface area contributed by atoms with Crippen LogP contribution >= 0.6 is 0 Å². The van der Waals surface area contributed by atoms with Gasteiger partial charge >= 0.3 is 0 Å². The van der Waals surface area contributed by atoms with Gasteiger partial charge in [-0.15, -0.1) is 0 Å². The van der Waals surface area contributed by atoms with Gasteiger partial charge < -0.3 is 16.0 Å². The number of fused-ring (bicyclic) bond motifs is 3. The van der Waals surface area contributed by atoms with Crippen molar-refractivity contribution in [1.82, 2.24) is 10.3 Å². The minimum Gasteiger partial charge on any atom is -0.366 e. The van der Waals surface area contributed by atoms with Crippen molar-refractivity contribution in [3.05, 3.63) is 35.0 Å². The molecule has 0 aliphatic heterocycles. The van der Waals surface area contributed by atoms with E-state index >= 15 is 0 Å². The van der Waals surface area contributed by atoms with E-state index < -0.39 is 31.1 Å². The fraction of sp³-hybridized carbons (Fsp3) is 0.357. The molecular weight excluding hydrogens is 226 g/mol. The molecule has 1 aliphatic rings. The van der Waals surface area contributed by atoms with Crippen LogP contribution < -0.4 is 11.1 Å². The molecule has 0 fully saturated rings. The lowest BCUT2D eigenvalue weighted by atomic mass is 9.91. The number of hydrogen-bond acceptors (Lipinski definition) is 2. The van der Waals surface area contributed by atoms with Crippen molar-refractivity contribution in [2.45, 2.75) is 25.2 Å². The van der Waals surface area contributed by atoms with Gasteiger partial charge in [-0.2, -0.15) is 0 Å². The molecule has 0 spiro atoms. The van der Waals surface area contributed by atoms with E-state index in [4.69, 9.17) is 14.0 Å². The Morgan fingerprint density at radius 3 is 3.17 bits per heavy atom. The molecule has 1 aromatic carbocycles. The lowest BCUT2D eigenvalue weighted by Crippen LogP contribution is -2.31. The summed E-state index contributed by atoms with van der Waals surface area (Å²) in [4.78, 5) is 14.2. The number of H-pyrrole nitrogens is 1. The molecule has 1 heterocycles. The standard InChI is InChI=1S/C14H17N3O/c1-16-9-3-5-13-11(7-9)10-6-8(14(15)18)2-4-12(10)17-13/h2,4,6,9,16-17H,3,5,7H2,1H3,(H2,15,18)/t9-/m1/s1/i3D2,5D2,7D2. The van der Waals surface area contributed by atoms with Gasteiger partial charge in [0.15, 0.2) is 0 Å². The van der Waals surface area contributed by atoms with Gasteiger partial charge in [0.05, 0.1) is 0 Å². The Morgan fingerprint density at radius 1 is 1.61 bits per heavy atom. The van der Waals surface area contributed by atoms with Crippen molar-refractivity contribution in [2.24, 2.45) is 5.73 Å². The Bertz CT molecular complexity index is 844. The number of benzene rings is 1. The van der Waals surface area contributed by atoms with Crippen molar-refractivity contribution in [1.29, 1.82) is 0 Å². The van der Waals surface area contributed by atoms with Crippen LogP contribution in [0.4, 0.5) is 0 Å². The van der Waals surface area contributed by atoms with Crippen LogP contribution in [0.15, 0.2) is 18.2 Å². The summed E-state index contributed by atoms with van der Waals surface area (Å²) in [6.45, 7) is 0. The topological polar surface area (TPSA) is 70.9 Å². The van der Waals surface area contributed by atoms with Crippen LogP contribution in [-0.2, 0) is 12.7 Å². The highest BCUT2D eigenvalue weighted by Crippen LogP contribution is 2.29. The summed E-state index contributed by atoms with van der Waals surface area (Å²) < 4.78 is 49.7. The summed E-state index contributed by atoms with van der Waals surface area (Å²) >= 11 is 0. The smallest absolute Gasteiger partial charge is 0.248 e. The largest absolute Gasteiger partial charge is 0.366 e. The molecule has 1 atom stereocenters. The first-order valence-corrected chi connectivity index (χ1v) is 5.60. The van der Waals surface area contributed by atoms with Crippen LogP contribution in [-0.4, -0.2) is 24.0 Å². The number of nitrogens with one attached hydrogen (secondary N) is 2. The summed E-state index contributed by atoms with van der Waals surface area (Å²) in [6.07, 6.45) is -7.15. The minimum absolute atomic E-state index is 0.0140. The fourth-order valence-corrected chi connectivity index (χ4v) is 2.06. The molecule has 0 saturated heterocycles. The van der Waals surface area contributed by atoms with Crippen LogP contribution in [0.25, 0.3) is 10.9 Å². The van der Waals surface area contributed by atoms with E-state index in [9.17, 15) is 4.79 Å². The summed E-state index contributed by atoms with van der Waals surface area (Å²) in [7, 11) is 1.39. The number of nitrogens with two attached hydrogens (primary N) is 1. The molecule has 0 saturated carbocycles. The van der Waals surface area contributed by atoms with E-state index in [-0.39, 0.29) is 16.8 Å². The molecule has 0 radical (unpaired) electrons. The van der Waals surface area contributed by atoms with Gasteiger partial charge in [-0.05, 0) is 49.9 Å². The SMILES string of the molecule is [2H]C1([2H])c2c([nH]c3ccc(C(N)=O)cc23)C([2H])([2H])C([2H])([2H])[C@H]1NC. The first-order chi connectivity index (χ1) is 11.0. The van der Waals surface area contributed by atoms with Crippen molar-refractivity contribution >= 4 is 16.8 Å². The predicted molar refractivity (Wildman–Crippen MR) is 71.7 cm³/mol. The number of primary amides is 1. The quantitative estimate of drug-likeness (QED) is 0.751. The van der Waals surface area contributed by atoms with Gasteiger partial charge in [0.2, 0.25) is 5.91 Å². The number of hydrogen-bond donors (Lipinski definition) is 3. The highest BCUT2D eigenvalue weighted by atomic mass is 16.1. The maximum atomic E-state index is 11.4. The first-order valence-electron chi connectivity index (χ1n) is 8.60. The molecule has 0 bridgehead atoms. The Hall–Kier alpha value is -1.81. The molecule has 2 aromatic rings. The summed E-state index contributed by atoms with van der Waals surface area (Å²) in [5.74, 6) is -0.674. The molecule has 0 unspecified atom stereocenters. The van der Waals surface area contributed by atoms with E-state index in [0.717, 1.165) is 0 Å². The van der Waals surface area contributed by atoms with Crippen molar-refractivity contribution in [3.8, 4) is 0 Å². The van der Waals surface area contributed by atoms with Crippen LogP contribution in [0, 0.1) is 0 Å². The zero-order chi connectivity index (χ0) is 18.1. The average Bonchev–Trinajstić information content (AvgIpc) is 2.85. The molecular formula is C14H17N3O. The third kappa shape index (κ3) is 1.69. The molecule has 94 valence electrons. The highest BCUT2D eigenvalue weighted by molar-refractivity contribution is 5.98. The maximum Gasteiger partial charge on any atom is 0.248 e. The molecule has 18 heavy (non-hydrogen) atoms. The van der Waals surface area contributed by atoms with E-state index in [2.05, 4.69) is 10.3 Å². The van der Waals surface area contributed by atoms with Gasteiger partial charge in [0.1, 0.15) is 0 Å². The lowest BCUT2D eigenvalue weighted by molar-refractivity contribution is 0.100. The third-order valence-electron chi connectivity index (χ3n) is 3.00. The van der Waals surface area contributed by atoms with Crippen LogP contribution in [0.1, 0.15) is 36.2 Å². The summed E-state index contributed by atoms with van der Waals surface area (Å²) in [6, 6.07) is 2.98. The number of carbonyl (C=O) groups excluding carboxylic acids is 1. The van der Waals surface area contributed by atoms with Crippen molar-refractivity contribution in [2.75, 3.05) is 7.05 Å². The number of carbonyl (C=O) groups is 1. The number of aromatic nitrogens is 1. The summed E-state index contributed by atoms with van der Waals surface area (Å²) in [5, 5.41) is 2.90. The molecule has 4 nitrogen and oxygen atoms in total. The number of likely N-dealkylation sites (N-methyl/N-ethyl adjacent to an activating group) is 1. The van der Waals surface area contributed by atoms with Gasteiger partial charge in [0.25, 0.3) is 0 Å². The maximum absolute atomic E-state index is 11.4. The molecule has 1 amide bonds. The van der Waals surface area contributed by atoms with Crippen molar-refractivity contribution < 1.29 is 13.0 Å². The van der Waals surface area contributed by atoms with Crippen LogP contribution in [0.5, 0.6) is 0 Å². The second kappa shape index (κ2) is 4.14. The van der Waals surface area contributed by atoms with Gasteiger partial charge in [-0.3, -0.25) is 4.79 Å². The normalized spacial score (nSPS) is 32.2. The first kappa shape index (κ1) is 6.38. The van der Waals surface area contributed by atoms with Crippen LogP contribution in [0.2, 0.25) is 0 Å². The predicted octanol–water partition coefficient (Wildman–Crippen LogP) is 1.34. The van der Waals surface area contributed by atoms with Crippen LogP contribution in [0.3, 0.4) is 0 Å². The van der Waals surface area contributed by atoms with E-state index in [1.165, 1.54) is 25.2 Å². The Kier molecular flexibility index (Phi) is 1.47. The Labute approximate surface area is 114 Å². The molecule has 3 rings (SSSR count). The average molecular weight is 249 g/mol. The van der Waals surface area contributed by atoms with E-state index in [1.54, 1.807) is 0 Å². The van der Waals surface area contributed by atoms with E-state index in [1.807, 2.05) is 0 Å². The monoisotopic (exact) mass is 249 g/mol. The zero-order valence-electron chi connectivity index (χ0n) is 15.8. The Morgan fingerprint density at radius 2 is 2.44 bits per heavy atom. The highest BCUT2D eigenvalue weighted by Gasteiger charge is 2.21. The van der Waals surface area contributed by atoms with Gasteiger partial charge in [-0.25, -0.2) is 0 Å². The van der Waals surface area contributed by atoms with Gasteiger partial charge in [-0.1, -0.05) is 0 Å². The zero-order valence-corrected chi connectivity index (χ0v) is 9.79. The lowest BCUT2D eigenvalue weighted by Gasteiger charge is -2.21. The molecule has 4 N–H and O–H groups in total. The van der Waals surface area contributed by atoms with E-state index in [0.29, 0.717) is 10.9 Å². The fourth-order valence-electron chi connectivity index (χ4n) is 2.06. The summed E-state index contributed by atoms with van der Waals surface area (Å²) in [5.41, 5.74) is 5.74. The van der Waals surface area contributed by atoms with Gasteiger partial charge in [0, 0.05) is 36.4 Å². The Balaban J connectivity index is 2.42. The number of amides is 1. The number of aromatic amines is 1. The molecule has 1 aliphatic carbocycles. The number of rotatable bonds is 2. The second-order valence-corrected chi connectivity index (χ2v) is 4.13.